The largest absolute Gasteiger partial charge is 0.493 e. The van der Waals surface area contributed by atoms with Gasteiger partial charge in [0.1, 0.15) is 0 Å². The van der Waals surface area contributed by atoms with Gasteiger partial charge in [0.25, 0.3) is 5.91 Å². The van der Waals surface area contributed by atoms with Gasteiger partial charge in [-0.05, 0) is 19.1 Å². The van der Waals surface area contributed by atoms with Crippen molar-refractivity contribution in [3.63, 3.8) is 0 Å². The summed E-state index contributed by atoms with van der Waals surface area (Å²) in [6.45, 7) is 1.96. The second-order valence-electron chi connectivity index (χ2n) is 4.28. The molecule has 112 valence electrons. The third-order valence-corrected chi connectivity index (χ3v) is 3.89. The molecule has 0 saturated carbocycles. The molecule has 0 saturated heterocycles. The zero-order chi connectivity index (χ0) is 15.4. The number of benzene rings is 1. The van der Waals surface area contributed by atoms with E-state index in [1.807, 2.05) is 13.0 Å². The van der Waals surface area contributed by atoms with Crippen LogP contribution < -0.4 is 19.5 Å². The Kier molecular flexibility index (Phi) is 4.70. The van der Waals surface area contributed by atoms with Gasteiger partial charge in [0, 0.05) is 22.7 Å². The molecule has 5 nitrogen and oxygen atoms in total. The molecule has 0 atom stereocenters. The van der Waals surface area contributed by atoms with Crippen LogP contribution >= 0.6 is 11.3 Å². The van der Waals surface area contributed by atoms with Gasteiger partial charge in [-0.1, -0.05) is 0 Å². The van der Waals surface area contributed by atoms with E-state index >= 15 is 0 Å². The molecule has 1 heterocycles. The maximum Gasteiger partial charge on any atom is 0.265 e. The van der Waals surface area contributed by atoms with Gasteiger partial charge in [0.2, 0.25) is 5.75 Å². The summed E-state index contributed by atoms with van der Waals surface area (Å²) in [7, 11) is 4.60. The molecule has 0 unspecified atom stereocenters. The lowest BCUT2D eigenvalue weighted by Gasteiger charge is -2.14. The van der Waals surface area contributed by atoms with E-state index in [0.29, 0.717) is 27.8 Å². The van der Waals surface area contributed by atoms with Crippen molar-refractivity contribution in [3.05, 3.63) is 34.0 Å². The Morgan fingerprint density at radius 1 is 1.05 bits per heavy atom. The highest BCUT2D eigenvalue weighted by Crippen LogP contribution is 2.40. The number of anilines is 1. The molecule has 0 aliphatic rings. The normalized spacial score (nSPS) is 10.1. The summed E-state index contributed by atoms with van der Waals surface area (Å²) >= 11 is 1.44. The lowest BCUT2D eigenvalue weighted by Crippen LogP contribution is -2.10. The van der Waals surface area contributed by atoms with E-state index in [2.05, 4.69) is 5.32 Å². The van der Waals surface area contributed by atoms with Gasteiger partial charge in [-0.3, -0.25) is 4.79 Å². The highest BCUT2D eigenvalue weighted by atomic mass is 32.1. The van der Waals surface area contributed by atoms with Crippen LogP contribution in [-0.2, 0) is 0 Å². The molecule has 6 heteroatoms. The minimum Gasteiger partial charge on any atom is -0.493 e. The summed E-state index contributed by atoms with van der Waals surface area (Å²) in [5, 5.41) is 2.83. The van der Waals surface area contributed by atoms with Gasteiger partial charge >= 0.3 is 0 Å². The molecule has 1 N–H and O–H groups in total. The van der Waals surface area contributed by atoms with Gasteiger partial charge in [0.05, 0.1) is 26.2 Å². The fourth-order valence-electron chi connectivity index (χ4n) is 1.90. The van der Waals surface area contributed by atoms with Crippen molar-refractivity contribution < 1.29 is 19.0 Å². The predicted molar refractivity (Wildman–Crippen MR) is 83.1 cm³/mol. The highest BCUT2D eigenvalue weighted by Gasteiger charge is 2.15. The number of methoxy groups -OCH3 is 3. The number of ether oxygens (including phenoxy) is 3. The minimum absolute atomic E-state index is 0.164. The van der Waals surface area contributed by atoms with Crippen LogP contribution in [0.3, 0.4) is 0 Å². The second kappa shape index (κ2) is 6.49. The Bertz CT molecular complexity index is 626. The zero-order valence-corrected chi connectivity index (χ0v) is 13.2. The number of aryl methyl sites for hydroxylation is 1. The molecule has 1 amide bonds. The second-order valence-corrected chi connectivity index (χ2v) is 5.57. The number of rotatable bonds is 5. The van der Waals surface area contributed by atoms with E-state index in [0.717, 1.165) is 4.88 Å². The van der Waals surface area contributed by atoms with Gasteiger partial charge in [-0.2, -0.15) is 0 Å². The van der Waals surface area contributed by atoms with E-state index < -0.39 is 0 Å². The van der Waals surface area contributed by atoms with Crippen LogP contribution in [0.2, 0.25) is 0 Å². The van der Waals surface area contributed by atoms with E-state index in [4.69, 9.17) is 14.2 Å². The quantitative estimate of drug-likeness (QED) is 0.920. The molecule has 0 aliphatic heterocycles. The van der Waals surface area contributed by atoms with Crippen LogP contribution in [0.25, 0.3) is 0 Å². The van der Waals surface area contributed by atoms with Crippen LogP contribution in [0.5, 0.6) is 17.2 Å². The Hall–Kier alpha value is -2.21. The van der Waals surface area contributed by atoms with Crippen molar-refractivity contribution >= 4 is 22.9 Å². The third kappa shape index (κ3) is 3.28. The maximum absolute atomic E-state index is 12.2. The molecule has 0 aliphatic carbocycles. The van der Waals surface area contributed by atoms with Gasteiger partial charge < -0.3 is 19.5 Å². The van der Waals surface area contributed by atoms with Crippen molar-refractivity contribution in [1.29, 1.82) is 0 Å². The van der Waals surface area contributed by atoms with Crippen LogP contribution in [0.1, 0.15) is 14.5 Å². The average Bonchev–Trinajstić information content (AvgIpc) is 2.92. The molecule has 1 aromatic heterocycles. The first-order valence-electron chi connectivity index (χ1n) is 6.26. The van der Waals surface area contributed by atoms with Gasteiger partial charge in [-0.15, -0.1) is 11.3 Å². The number of hydrogen-bond donors (Lipinski definition) is 1. The maximum atomic E-state index is 12.2. The first-order chi connectivity index (χ1) is 10.1. The summed E-state index contributed by atoms with van der Waals surface area (Å²) in [6, 6.07) is 7.10. The summed E-state index contributed by atoms with van der Waals surface area (Å²) in [4.78, 5) is 13.9. The monoisotopic (exact) mass is 307 g/mol. The summed E-state index contributed by atoms with van der Waals surface area (Å²) < 4.78 is 15.8. The van der Waals surface area contributed by atoms with Crippen LogP contribution in [0, 0.1) is 6.92 Å². The average molecular weight is 307 g/mol. The molecule has 0 fully saturated rings. The zero-order valence-electron chi connectivity index (χ0n) is 12.4. The molecule has 0 spiro atoms. The van der Waals surface area contributed by atoms with Crippen LogP contribution in [0.4, 0.5) is 5.69 Å². The Morgan fingerprint density at radius 2 is 1.67 bits per heavy atom. The van der Waals surface area contributed by atoms with E-state index in [9.17, 15) is 4.79 Å². The van der Waals surface area contributed by atoms with Crippen molar-refractivity contribution in [1.82, 2.24) is 0 Å². The SMILES string of the molecule is COc1cc(NC(=O)c2ccc(C)s2)cc(OC)c1OC. The standard InChI is InChI=1S/C15H17NO4S/c1-9-5-6-13(21-9)15(17)16-10-7-11(18-2)14(20-4)12(8-10)19-3/h5-8H,1-4H3,(H,16,17). The van der Waals surface area contributed by atoms with E-state index in [1.165, 1.54) is 32.7 Å². The van der Waals surface area contributed by atoms with Crippen molar-refractivity contribution in [2.24, 2.45) is 0 Å². The smallest absolute Gasteiger partial charge is 0.265 e. The first-order valence-corrected chi connectivity index (χ1v) is 7.08. The fourth-order valence-corrected chi connectivity index (χ4v) is 2.67. The third-order valence-electron chi connectivity index (χ3n) is 2.89. The van der Waals surface area contributed by atoms with Gasteiger partial charge in [-0.25, -0.2) is 0 Å². The minimum atomic E-state index is -0.164. The molecular formula is C15H17NO4S. The fraction of sp³-hybridized carbons (Fsp3) is 0.267. The Morgan fingerprint density at radius 3 is 2.10 bits per heavy atom. The molecule has 1 aromatic carbocycles. The van der Waals surface area contributed by atoms with Crippen LogP contribution in [-0.4, -0.2) is 27.2 Å². The number of hydrogen-bond acceptors (Lipinski definition) is 5. The molecule has 21 heavy (non-hydrogen) atoms. The molecule has 2 rings (SSSR count). The summed E-state index contributed by atoms with van der Waals surface area (Å²) in [5.74, 6) is 1.32. The first kappa shape index (κ1) is 15.2. The molecular weight excluding hydrogens is 290 g/mol. The Labute approximate surface area is 127 Å². The summed E-state index contributed by atoms with van der Waals surface area (Å²) in [6.07, 6.45) is 0. The molecule has 2 aromatic rings. The predicted octanol–water partition coefficient (Wildman–Crippen LogP) is 3.33. The summed E-state index contributed by atoms with van der Waals surface area (Å²) in [5.41, 5.74) is 0.584. The molecule has 0 bridgehead atoms. The Balaban J connectivity index is 2.29. The highest BCUT2D eigenvalue weighted by molar-refractivity contribution is 7.14. The molecule has 0 radical (unpaired) electrons. The van der Waals surface area contributed by atoms with Crippen molar-refractivity contribution in [3.8, 4) is 17.2 Å². The number of nitrogens with one attached hydrogen (secondary N) is 1. The lowest BCUT2D eigenvalue weighted by atomic mass is 10.2. The van der Waals surface area contributed by atoms with E-state index in [-0.39, 0.29) is 5.91 Å². The number of carbonyl (C=O) groups is 1. The number of carbonyl (C=O) groups excluding carboxylic acids is 1. The van der Waals surface area contributed by atoms with Crippen LogP contribution in [0.15, 0.2) is 24.3 Å². The lowest BCUT2D eigenvalue weighted by molar-refractivity contribution is 0.103. The van der Waals surface area contributed by atoms with E-state index in [1.54, 1.807) is 18.2 Å². The van der Waals surface area contributed by atoms with Crippen molar-refractivity contribution in [2.45, 2.75) is 6.92 Å². The van der Waals surface area contributed by atoms with Gasteiger partial charge in [0.15, 0.2) is 11.5 Å². The number of amides is 1. The van der Waals surface area contributed by atoms with Crippen molar-refractivity contribution in [2.75, 3.05) is 26.6 Å². The topological polar surface area (TPSA) is 56.8 Å². The number of thiophene rings is 1.